The van der Waals surface area contributed by atoms with Crippen LogP contribution in [0, 0.1) is 12.3 Å². The van der Waals surface area contributed by atoms with Gasteiger partial charge < -0.3 is 23.9 Å². The molecule has 3 heterocycles. The molecular weight excluding hydrogens is 422 g/mol. The van der Waals surface area contributed by atoms with Gasteiger partial charge in [0.2, 0.25) is 0 Å². The number of nitrogens with zero attached hydrogens (tertiary/aromatic N) is 1. The molecule has 0 bridgehead atoms. The summed E-state index contributed by atoms with van der Waals surface area (Å²) in [5, 5.41) is -0.820. The van der Waals surface area contributed by atoms with Crippen molar-refractivity contribution in [3.05, 3.63) is 51.2 Å². The van der Waals surface area contributed by atoms with Crippen LogP contribution < -0.4 is 4.74 Å². The fourth-order valence-corrected chi connectivity index (χ4v) is 5.78. The van der Waals surface area contributed by atoms with E-state index < -0.39 is 34.6 Å². The molecule has 0 spiro atoms. The number of carbonyl (C=O) groups excluding carboxylic acids is 4. The molecule has 3 aliphatic heterocycles. The second-order valence-corrected chi connectivity index (χ2v) is 8.90. The van der Waals surface area contributed by atoms with E-state index in [1.807, 2.05) is 13.8 Å². The van der Waals surface area contributed by atoms with E-state index in [4.69, 9.17) is 14.2 Å². The molecular formula is C22H21NO7S. The van der Waals surface area contributed by atoms with Crippen molar-refractivity contribution in [1.82, 2.24) is 4.90 Å². The highest BCUT2D eigenvalue weighted by Crippen LogP contribution is 2.57. The lowest BCUT2D eigenvalue weighted by atomic mass is 9.68. The Labute approximate surface area is 183 Å². The number of Topliss-reactive ketones (excluding diaryl/α,β-unsaturated/α-hetero) is 1. The van der Waals surface area contributed by atoms with Crippen LogP contribution in [0.5, 0.6) is 5.75 Å². The predicted molar refractivity (Wildman–Crippen MR) is 111 cm³/mol. The highest BCUT2D eigenvalue weighted by molar-refractivity contribution is 8.03. The average Bonchev–Trinajstić information content (AvgIpc) is 3.06. The van der Waals surface area contributed by atoms with Crippen molar-refractivity contribution in [3.63, 3.8) is 0 Å². The maximum Gasteiger partial charge on any atom is 0.355 e. The van der Waals surface area contributed by atoms with Gasteiger partial charge in [0.25, 0.3) is 0 Å². The first-order chi connectivity index (χ1) is 14.7. The fraction of sp³-hybridized carbons (Fsp3) is 0.364. The number of methoxy groups -OCH3 is 2. The number of ether oxygens (including phenoxy) is 3. The number of carbonyl (C=O) groups is 4. The van der Waals surface area contributed by atoms with E-state index in [9.17, 15) is 19.2 Å². The van der Waals surface area contributed by atoms with Crippen molar-refractivity contribution < 1.29 is 33.4 Å². The highest BCUT2D eigenvalue weighted by Gasteiger charge is 2.67. The molecule has 9 heteroatoms. The van der Waals surface area contributed by atoms with Crippen LogP contribution in [0.15, 0.2) is 40.1 Å². The molecule has 31 heavy (non-hydrogen) atoms. The number of esters is 2. The van der Waals surface area contributed by atoms with Gasteiger partial charge in [-0.05, 0) is 38.5 Å². The van der Waals surface area contributed by atoms with Crippen LogP contribution in [-0.4, -0.2) is 54.6 Å². The zero-order valence-corrected chi connectivity index (χ0v) is 18.5. The van der Waals surface area contributed by atoms with Gasteiger partial charge >= 0.3 is 11.9 Å². The average molecular weight is 443 g/mol. The number of aldehydes is 1. The van der Waals surface area contributed by atoms with Crippen molar-refractivity contribution in [3.8, 4) is 5.75 Å². The molecule has 4 rings (SSSR count). The standard InChI is InChI=1S/C22H21NO7S/c1-10-6-7-13-14(8-10)30-18-15(19(26)28-4)16(20(27)29-5)23-11(2)12(3)31-21(23)22(18,9-24)17(13)25/h6-9,18,21H,1-5H3/t18-,21-,22+/m1/s1. The van der Waals surface area contributed by atoms with Gasteiger partial charge in [-0.1, -0.05) is 6.07 Å². The van der Waals surface area contributed by atoms with Gasteiger partial charge in [-0.15, -0.1) is 11.8 Å². The highest BCUT2D eigenvalue weighted by atomic mass is 32.2. The largest absolute Gasteiger partial charge is 0.483 e. The van der Waals surface area contributed by atoms with Crippen molar-refractivity contribution in [2.45, 2.75) is 32.2 Å². The van der Waals surface area contributed by atoms with Gasteiger partial charge in [0.15, 0.2) is 17.3 Å². The molecule has 1 aromatic rings. The Kier molecular flexibility index (Phi) is 4.96. The van der Waals surface area contributed by atoms with Crippen LogP contribution in [0.3, 0.4) is 0 Å². The van der Waals surface area contributed by atoms with E-state index in [0.717, 1.165) is 17.6 Å². The molecule has 0 saturated heterocycles. The van der Waals surface area contributed by atoms with Crippen LogP contribution >= 0.6 is 11.8 Å². The molecule has 3 atom stereocenters. The van der Waals surface area contributed by atoms with Crippen molar-refractivity contribution in [1.29, 1.82) is 0 Å². The SMILES string of the molecule is COC(=O)C1=C(C(=O)OC)N2C(C)=C(C)S[C@@H]2[C@@]2(C=O)C(=O)c3ccc(C)cc3O[C@H]12. The third-order valence-corrected chi connectivity index (χ3v) is 7.47. The first kappa shape index (κ1) is 21.2. The number of aryl methyl sites for hydroxylation is 1. The maximum atomic E-state index is 13.8. The van der Waals surface area contributed by atoms with Crippen molar-refractivity contribution in [2.24, 2.45) is 5.41 Å². The van der Waals surface area contributed by atoms with E-state index >= 15 is 0 Å². The number of fused-ring (bicyclic) bond motifs is 4. The number of thioether (sulfide) groups is 1. The molecule has 0 aromatic heterocycles. The molecule has 8 nitrogen and oxygen atoms in total. The van der Waals surface area contributed by atoms with E-state index in [1.165, 1.54) is 23.8 Å². The predicted octanol–water partition coefficient (Wildman–Crippen LogP) is 2.36. The number of ketones is 1. The quantitative estimate of drug-likeness (QED) is 0.396. The summed E-state index contributed by atoms with van der Waals surface area (Å²) in [6.45, 7) is 5.41. The Hall–Kier alpha value is -3.07. The summed E-state index contributed by atoms with van der Waals surface area (Å²) in [5.41, 5.74) is -0.350. The van der Waals surface area contributed by atoms with Gasteiger partial charge in [-0.3, -0.25) is 4.79 Å². The summed E-state index contributed by atoms with van der Waals surface area (Å²) >= 11 is 1.28. The van der Waals surface area contributed by atoms with Gasteiger partial charge in [-0.2, -0.15) is 0 Å². The van der Waals surface area contributed by atoms with Crippen LogP contribution in [-0.2, 0) is 23.9 Å². The van der Waals surface area contributed by atoms with E-state index in [1.54, 1.807) is 25.1 Å². The van der Waals surface area contributed by atoms with Crippen molar-refractivity contribution in [2.75, 3.05) is 14.2 Å². The second kappa shape index (κ2) is 7.26. The van der Waals surface area contributed by atoms with Crippen LogP contribution in [0.2, 0.25) is 0 Å². The minimum atomic E-state index is -1.77. The molecule has 3 aliphatic rings. The Bertz CT molecular complexity index is 1110. The Morgan fingerprint density at radius 1 is 1.16 bits per heavy atom. The van der Waals surface area contributed by atoms with Crippen LogP contribution in [0.25, 0.3) is 0 Å². The molecule has 0 aliphatic carbocycles. The molecule has 162 valence electrons. The second-order valence-electron chi connectivity index (χ2n) is 7.60. The number of rotatable bonds is 3. The molecule has 0 fully saturated rings. The summed E-state index contributed by atoms with van der Waals surface area (Å²) in [6.07, 6.45) is -0.808. The lowest BCUT2D eigenvalue weighted by molar-refractivity contribution is -0.144. The third kappa shape index (κ3) is 2.69. The first-order valence-corrected chi connectivity index (χ1v) is 10.4. The number of hydrogen-bond donors (Lipinski definition) is 0. The van der Waals surface area contributed by atoms with E-state index in [-0.39, 0.29) is 22.6 Å². The smallest absolute Gasteiger partial charge is 0.355 e. The van der Waals surface area contributed by atoms with Gasteiger partial charge in [0, 0.05) is 10.6 Å². The number of benzene rings is 1. The summed E-state index contributed by atoms with van der Waals surface area (Å²) in [7, 11) is 2.36. The number of hydrogen-bond acceptors (Lipinski definition) is 9. The van der Waals surface area contributed by atoms with Crippen LogP contribution in [0.4, 0.5) is 0 Å². The van der Waals surface area contributed by atoms with Crippen molar-refractivity contribution >= 4 is 35.8 Å². The molecule has 0 amide bonds. The summed E-state index contributed by atoms with van der Waals surface area (Å²) in [4.78, 5) is 54.6. The minimum Gasteiger partial charge on any atom is -0.483 e. The van der Waals surface area contributed by atoms with Gasteiger partial charge in [-0.25, -0.2) is 9.59 Å². The first-order valence-electron chi connectivity index (χ1n) is 9.55. The van der Waals surface area contributed by atoms with Gasteiger partial charge in [0.05, 0.1) is 19.8 Å². The normalized spacial score (nSPS) is 26.6. The van der Waals surface area contributed by atoms with E-state index in [2.05, 4.69) is 0 Å². The summed E-state index contributed by atoms with van der Waals surface area (Å²) in [6, 6.07) is 5.04. The van der Waals surface area contributed by atoms with Gasteiger partial charge in [0.1, 0.15) is 28.7 Å². The lowest BCUT2D eigenvalue weighted by Crippen LogP contribution is -2.65. The fourth-order valence-electron chi connectivity index (χ4n) is 4.32. The lowest BCUT2D eigenvalue weighted by Gasteiger charge is -2.50. The topological polar surface area (TPSA) is 99.2 Å². The Morgan fingerprint density at radius 2 is 1.84 bits per heavy atom. The Balaban J connectivity index is 2.09. The zero-order chi connectivity index (χ0) is 22.7. The maximum absolute atomic E-state index is 13.8. The Morgan fingerprint density at radius 3 is 2.45 bits per heavy atom. The molecule has 0 unspecified atom stereocenters. The zero-order valence-electron chi connectivity index (χ0n) is 17.7. The number of allylic oxidation sites excluding steroid dienone is 2. The monoisotopic (exact) mass is 443 g/mol. The third-order valence-electron chi connectivity index (χ3n) is 5.99. The van der Waals surface area contributed by atoms with E-state index in [0.29, 0.717) is 12.0 Å². The van der Waals surface area contributed by atoms with Crippen LogP contribution in [0.1, 0.15) is 29.8 Å². The molecule has 0 saturated carbocycles. The summed E-state index contributed by atoms with van der Waals surface area (Å²) in [5.74, 6) is -1.88. The minimum absolute atomic E-state index is 0.0902. The molecule has 0 radical (unpaired) electrons. The molecule has 0 N–H and O–H groups in total. The summed E-state index contributed by atoms with van der Waals surface area (Å²) < 4.78 is 16.1. The molecule has 1 aromatic carbocycles.